The summed E-state index contributed by atoms with van der Waals surface area (Å²) in [6, 6.07) is 13.5. The lowest BCUT2D eigenvalue weighted by molar-refractivity contribution is 0.213. The second kappa shape index (κ2) is 6.39. The van der Waals surface area contributed by atoms with E-state index in [1.54, 1.807) is 24.3 Å². The molecule has 0 atom stereocenters. The Hall–Kier alpha value is -3.02. The molecule has 0 saturated carbocycles. The van der Waals surface area contributed by atoms with Crippen LogP contribution in [0.25, 0.3) is 11.0 Å². The molecule has 1 aromatic heterocycles. The summed E-state index contributed by atoms with van der Waals surface area (Å²) in [4.78, 5) is 24.2. The number of nitrogens with zero attached hydrogens (tertiary/aromatic N) is 1. The zero-order valence-corrected chi connectivity index (χ0v) is 12.6. The quantitative estimate of drug-likeness (QED) is 0.804. The first-order valence-electron chi connectivity index (χ1n) is 7.30. The Kier molecular flexibility index (Phi) is 4.14. The number of amides is 1. The van der Waals surface area contributed by atoms with Gasteiger partial charge in [-0.3, -0.25) is 4.79 Å². The zero-order chi connectivity index (χ0) is 16.2. The maximum absolute atomic E-state index is 12.1. The van der Waals surface area contributed by atoms with Gasteiger partial charge in [0.25, 0.3) is 5.56 Å². The molecule has 0 aliphatic heterocycles. The summed E-state index contributed by atoms with van der Waals surface area (Å²) in [5.41, 5.74) is 0.810. The minimum absolute atomic E-state index is 0.286. The standard InChI is InChI=1S/C17H16N2O4/c1-2-22-13-9-7-12(8-10-13)11-18-17(21)19-16(20)14-5-3-4-6-15(14)23-19/h3-10H,2,11H2,1H3,(H,18,21). The minimum atomic E-state index is -0.597. The molecule has 3 aromatic rings. The van der Waals surface area contributed by atoms with Crippen LogP contribution < -0.4 is 15.6 Å². The summed E-state index contributed by atoms with van der Waals surface area (Å²) in [5.74, 6) is 0.774. The fourth-order valence-electron chi connectivity index (χ4n) is 2.23. The molecule has 0 radical (unpaired) electrons. The molecule has 0 fully saturated rings. The summed E-state index contributed by atoms with van der Waals surface area (Å²) in [6.07, 6.45) is 0. The molecule has 6 heteroatoms. The van der Waals surface area contributed by atoms with E-state index in [1.165, 1.54) is 0 Å². The van der Waals surface area contributed by atoms with E-state index in [0.29, 0.717) is 17.6 Å². The van der Waals surface area contributed by atoms with Gasteiger partial charge in [-0.1, -0.05) is 29.0 Å². The van der Waals surface area contributed by atoms with Gasteiger partial charge in [0.15, 0.2) is 5.58 Å². The molecule has 6 nitrogen and oxygen atoms in total. The molecule has 0 bridgehead atoms. The molecule has 0 saturated heterocycles. The highest BCUT2D eigenvalue weighted by Crippen LogP contribution is 2.12. The second-order valence-electron chi connectivity index (χ2n) is 4.92. The molecular formula is C17H16N2O4. The summed E-state index contributed by atoms with van der Waals surface area (Å²) >= 11 is 0. The lowest BCUT2D eigenvalue weighted by Crippen LogP contribution is -2.33. The van der Waals surface area contributed by atoms with Crippen molar-refractivity contribution in [2.45, 2.75) is 13.5 Å². The molecule has 3 rings (SSSR count). The first-order valence-corrected chi connectivity index (χ1v) is 7.30. The van der Waals surface area contributed by atoms with Crippen molar-refractivity contribution in [2.24, 2.45) is 0 Å². The van der Waals surface area contributed by atoms with E-state index in [9.17, 15) is 9.59 Å². The summed E-state index contributed by atoms with van der Waals surface area (Å²) in [7, 11) is 0. The predicted octanol–water partition coefficient (Wildman–Crippen LogP) is 2.75. The van der Waals surface area contributed by atoms with Gasteiger partial charge in [-0.2, -0.15) is 0 Å². The highest BCUT2D eigenvalue weighted by Gasteiger charge is 2.14. The number of para-hydroxylation sites is 1. The number of carbonyl (C=O) groups excluding carboxylic acids is 1. The third-order valence-corrected chi connectivity index (χ3v) is 3.35. The third kappa shape index (κ3) is 3.11. The van der Waals surface area contributed by atoms with E-state index in [-0.39, 0.29) is 6.54 Å². The van der Waals surface area contributed by atoms with Gasteiger partial charge in [-0.25, -0.2) is 4.79 Å². The monoisotopic (exact) mass is 312 g/mol. The van der Waals surface area contributed by atoms with Gasteiger partial charge < -0.3 is 14.6 Å². The van der Waals surface area contributed by atoms with Crippen molar-refractivity contribution in [3.8, 4) is 5.75 Å². The van der Waals surface area contributed by atoms with E-state index in [1.807, 2.05) is 31.2 Å². The first kappa shape index (κ1) is 14.9. The van der Waals surface area contributed by atoms with Gasteiger partial charge >= 0.3 is 6.03 Å². The van der Waals surface area contributed by atoms with E-state index < -0.39 is 11.6 Å². The molecule has 0 aliphatic rings. The molecule has 0 aliphatic carbocycles. The number of ether oxygens (including phenoxy) is 1. The predicted molar refractivity (Wildman–Crippen MR) is 85.7 cm³/mol. The van der Waals surface area contributed by atoms with Crippen LogP contribution in [0.5, 0.6) is 5.75 Å². The average molecular weight is 312 g/mol. The van der Waals surface area contributed by atoms with Crippen LogP contribution in [0.15, 0.2) is 57.8 Å². The van der Waals surface area contributed by atoms with Gasteiger partial charge in [-0.05, 0) is 36.8 Å². The number of rotatable bonds is 4. The van der Waals surface area contributed by atoms with Crippen LogP contribution in [0.2, 0.25) is 0 Å². The maximum atomic E-state index is 12.1. The highest BCUT2D eigenvalue weighted by atomic mass is 16.5. The smallest absolute Gasteiger partial charge is 0.358 e. The Labute approximate surface area is 132 Å². The average Bonchev–Trinajstić information content (AvgIpc) is 2.92. The van der Waals surface area contributed by atoms with Crippen molar-refractivity contribution in [2.75, 3.05) is 6.61 Å². The molecule has 1 heterocycles. The van der Waals surface area contributed by atoms with Gasteiger partial charge in [0.1, 0.15) is 5.75 Å². The van der Waals surface area contributed by atoms with Crippen molar-refractivity contribution in [1.82, 2.24) is 10.1 Å². The maximum Gasteiger partial charge on any atom is 0.358 e. The lowest BCUT2D eigenvalue weighted by Gasteiger charge is -2.06. The molecule has 23 heavy (non-hydrogen) atoms. The summed E-state index contributed by atoms with van der Waals surface area (Å²) in [6.45, 7) is 2.80. The third-order valence-electron chi connectivity index (χ3n) is 3.35. The van der Waals surface area contributed by atoms with Crippen LogP contribution in [-0.2, 0) is 6.54 Å². The number of benzene rings is 2. The van der Waals surface area contributed by atoms with Gasteiger partial charge in [0, 0.05) is 6.54 Å². The van der Waals surface area contributed by atoms with Crippen LogP contribution in [0.3, 0.4) is 0 Å². The van der Waals surface area contributed by atoms with Gasteiger partial charge in [0.2, 0.25) is 0 Å². The molecule has 1 amide bonds. The minimum Gasteiger partial charge on any atom is -0.494 e. The van der Waals surface area contributed by atoms with Crippen molar-refractivity contribution >= 4 is 17.0 Å². The van der Waals surface area contributed by atoms with E-state index in [2.05, 4.69) is 5.32 Å². The molecule has 0 unspecified atom stereocenters. The second-order valence-corrected chi connectivity index (χ2v) is 4.92. The molecular weight excluding hydrogens is 296 g/mol. The molecule has 2 aromatic carbocycles. The van der Waals surface area contributed by atoms with E-state index in [0.717, 1.165) is 16.1 Å². The Balaban J connectivity index is 1.71. The fraction of sp³-hybridized carbons (Fsp3) is 0.176. The van der Waals surface area contributed by atoms with Crippen molar-refractivity contribution < 1.29 is 14.1 Å². The number of hydrogen-bond acceptors (Lipinski definition) is 4. The normalized spacial score (nSPS) is 10.7. The summed E-state index contributed by atoms with van der Waals surface area (Å²) < 4.78 is 11.4. The number of fused-ring (bicyclic) bond motifs is 1. The lowest BCUT2D eigenvalue weighted by atomic mass is 10.2. The van der Waals surface area contributed by atoms with E-state index >= 15 is 0 Å². The number of carbonyl (C=O) groups is 1. The van der Waals surface area contributed by atoms with Crippen LogP contribution in [0.4, 0.5) is 4.79 Å². The summed E-state index contributed by atoms with van der Waals surface area (Å²) in [5, 5.41) is 3.04. The number of hydrogen-bond donors (Lipinski definition) is 1. The molecule has 118 valence electrons. The largest absolute Gasteiger partial charge is 0.494 e. The van der Waals surface area contributed by atoms with Crippen LogP contribution in [0.1, 0.15) is 12.5 Å². The Morgan fingerprint density at radius 1 is 1.17 bits per heavy atom. The number of nitrogens with one attached hydrogen (secondary N) is 1. The molecule has 0 spiro atoms. The van der Waals surface area contributed by atoms with E-state index in [4.69, 9.17) is 9.26 Å². The SMILES string of the molecule is CCOc1ccc(CNC(=O)n2oc3ccccc3c2=O)cc1. The zero-order valence-electron chi connectivity index (χ0n) is 12.6. The number of aromatic nitrogens is 1. The highest BCUT2D eigenvalue weighted by molar-refractivity contribution is 5.82. The van der Waals surface area contributed by atoms with Crippen molar-refractivity contribution in [3.63, 3.8) is 0 Å². The van der Waals surface area contributed by atoms with Crippen molar-refractivity contribution in [3.05, 3.63) is 64.4 Å². The topological polar surface area (TPSA) is 73.5 Å². The van der Waals surface area contributed by atoms with Gasteiger partial charge in [0.05, 0.1) is 12.0 Å². The van der Waals surface area contributed by atoms with Gasteiger partial charge in [-0.15, -0.1) is 0 Å². The Bertz CT molecular complexity index is 877. The Morgan fingerprint density at radius 3 is 2.61 bits per heavy atom. The fourth-order valence-corrected chi connectivity index (χ4v) is 2.23. The van der Waals surface area contributed by atoms with Crippen molar-refractivity contribution in [1.29, 1.82) is 0 Å². The van der Waals surface area contributed by atoms with Crippen LogP contribution in [0, 0.1) is 0 Å². The molecule has 1 N–H and O–H groups in total. The Morgan fingerprint density at radius 2 is 1.91 bits per heavy atom. The first-order chi connectivity index (χ1) is 11.2. The van der Waals surface area contributed by atoms with Crippen LogP contribution in [-0.4, -0.2) is 17.4 Å². The van der Waals surface area contributed by atoms with Crippen LogP contribution >= 0.6 is 0 Å².